The first-order chi connectivity index (χ1) is 7.65. The number of nitrogens with zero attached hydrogens (tertiary/aromatic N) is 2. The van der Waals surface area contributed by atoms with Gasteiger partial charge in [0.05, 0.1) is 4.92 Å². The summed E-state index contributed by atoms with van der Waals surface area (Å²) in [5.41, 5.74) is 0.440. The van der Waals surface area contributed by atoms with Crippen molar-refractivity contribution in [1.29, 1.82) is 0 Å². The average molecular weight is 241 g/mol. The molecule has 1 saturated carbocycles. The van der Waals surface area contributed by atoms with Gasteiger partial charge in [0.15, 0.2) is 5.13 Å². The minimum absolute atomic E-state index is 0.0999. The van der Waals surface area contributed by atoms with Crippen molar-refractivity contribution in [3.8, 4) is 0 Å². The maximum Gasteiger partial charge on any atom is 0.345 e. The van der Waals surface area contributed by atoms with E-state index in [9.17, 15) is 10.1 Å². The average Bonchev–Trinajstić information content (AvgIpc) is 2.84. The maximum atomic E-state index is 10.5. The molecule has 0 aliphatic heterocycles. The molecule has 1 aromatic heterocycles. The second kappa shape index (κ2) is 4.37. The number of hydrogen-bond donors (Lipinski definition) is 1. The maximum absolute atomic E-state index is 10.5. The van der Waals surface area contributed by atoms with E-state index in [1.54, 1.807) is 0 Å². The Labute approximate surface area is 98.0 Å². The van der Waals surface area contributed by atoms with Gasteiger partial charge in [0, 0.05) is 6.54 Å². The highest BCUT2D eigenvalue weighted by atomic mass is 32.1. The zero-order valence-electron chi connectivity index (χ0n) is 9.23. The van der Waals surface area contributed by atoms with Crippen molar-refractivity contribution in [2.45, 2.75) is 32.6 Å². The monoisotopic (exact) mass is 241 g/mol. The lowest BCUT2D eigenvalue weighted by Crippen LogP contribution is -2.14. The van der Waals surface area contributed by atoms with Gasteiger partial charge in [0.2, 0.25) is 0 Å². The molecule has 16 heavy (non-hydrogen) atoms. The van der Waals surface area contributed by atoms with Gasteiger partial charge in [0.1, 0.15) is 6.20 Å². The third-order valence-electron chi connectivity index (χ3n) is 3.03. The molecule has 0 bridgehead atoms. The molecule has 0 unspecified atom stereocenters. The van der Waals surface area contributed by atoms with E-state index in [0.717, 1.165) is 17.9 Å². The lowest BCUT2D eigenvalue weighted by atomic mass is 10.0. The molecule has 0 saturated heterocycles. The largest absolute Gasteiger partial charge is 0.361 e. The molecule has 88 valence electrons. The SMILES string of the molecule is CCCC1(CNc2ncc([N+](=O)[O-])s2)CC1. The number of rotatable bonds is 6. The van der Waals surface area contributed by atoms with Gasteiger partial charge in [-0.1, -0.05) is 13.3 Å². The zero-order valence-corrected chi connectivity index (χ0v) is 10.0. The van der Waals surface area contributed by atoms with E-state index in [-0.39, 0.29) is 5.00 Å². The topological polar surface area (TPSA) is 68.1 Å². The number of hydrogen-bond acceptors (Lipinski definition) is 5. The van der Waals surface area contributed by atoms with Crippen molar-refractivity contribution in [3.63, 3.8) is 0 Å². The van der Waals surface area contributed by atoms with Gasteiger partial charge in [-0.2, -0.15) is 0 Å². The van der Waals surface area contributed by atoms with E-state index in [2.05, 4.69) is 17.2 Å². The van der Waals surface area contributed by atoms with Crippen LogP contribution in [0.4, 0.5) is 10.1 Å². The summed E-state index contributed by atoms with van der Waals surface area (Å²) < 4.78 is 0. The van der Waals surface area contributed by atoms with Gasteiger partial charge in [0.25, 0.3) is 0 Å². The van der Waals surface area contributed by atoms with Crippen molar-refractivity contribution in [2.24, 2.45) is 5.41 Å². The molecule has 0 aromatic carbocycles. The smallest absolute Gasteiger partial charge is 0.345 e. The fraction of sp³-hybridized carbons (Fsp3) is 0.700. The summed E-state index contributed by atoms with van der Waals surface area (Å²) in [6.07, 6.45) is 6.27. The summed E-state index contributed by atoms with van der Waals surface area (Å²) in [6, 6.07) is 0. The van der Waals surface area contributed by atoms with Crippen LogP contribution >= 0.6 is 11.3 Å². The van der Waals surface area contributed by atoms with Crippen LogP contribution < -0.4 is 5.32 Å². The summed E-state index contributed by atoms with van der Waals surface area (Å²) in [4.78, 5) is 14.1. The summed E-state index contributed by atoms with van der Waals surface area (Å²) >= 11 is 1.11. The van der Waals surface area contributed by atoms with Crippen molar-refractivity contribution >= 4 is 21.5 Å². The van der Waals surface area contributed by atoms with Crippen molar-refractivity contribution in [3.05, 3.63) is 16.3 Å². The van der Waals surface area contributed by atoms with Crippen LogP contribution in [-0.4, -0.2) is 16.5 Å². The lowest BCUT2D eigenvalue weighted by molar-refractivity contribution is -0.380. The van der Waals surface area contributed by atoms with Crippen LogP contribution in [0.5, 0.6) is 0 Å². The second-order valence-electron chi connectivity index (χ2n) is 4.36. The second-order valence-corrected chi connectivity index (χ2v) is 5.37. The minimum Gasteiger partial charge on any atom is -0.361 e. The van der Waals surface area contributed by atoms with Gasteiger partial charge in [-0.15, -0.1) is 0 Å². The van der Waals surface area contributed by atoms with E-state index in [0.29, 0.717) is 10.5 Å². The Morgan fingerprint density at radius 2 is 2.44 bits per heavy atom. The molecule has 1 fully saturated rings. The van der Waals surface area contributed by atoms with Gasteiger partial charge in [-0.05, 0) is 36.0 Å². The molecule has 0 amide bonds. The predicted octanol–water partition coefficient (Wildman–Crippen LogP) is 3.04. The van der Waals surface area contributed by atoms with Crippen LogP contribution in [0.1, 0.15) is 32.6 Å². The summed E-state index contributed by atoms with van der Waals surface area (Å²) in [7, 11) is 0. The van der Waals surface area contributed by atoms with Crippen LogP contribution in [0.3, 0.4) is 0 Å². The Bertz CT molecular complexity index is 387. The Balaban J connectivity index is 1.87. The van der Waals surface area contributed by atoms with E-state index in [1.165, 1.54) is 31.9 Å². The summed E-state index contributed by atoms with van der Waals surface area (Å²) in [5, 5.41) is 14.4. The zero-order chi connectivity index (χ0) is 11.6. The van der Waals surface area contributed by atoms with Crippen molar-refractivity contribution < 1.29 is 4.92 Å². The van der Waals surface area contributed by atoms with E-state index >= 15 is 0 Å². The molecule has 0 radical (unpaired) electrons. The molecule has 2 rings (SSSR count). The fourth-order valence-corrected chi connectivity index (χ4v) is 2.54. The number of nitrogens with one attached hydrogen (secondary N) is 1. The van der Waals surface area contributed by atoms with Gasteiger partial charge < -0.3 is 5.32 Å². The van der Waals surface area contributed by atoms with Crippen LogP contribution in [-0.2, 0) is 0 Å². The Morgan fingerprint density at radius 3 is 2.94 bits per heavy atom. The van der Waals surface area contributed by atoms with E-state index < -0.39 is 4.92 Å². The van der Waals surface area contributed by atoms with E-state index in [4.69, 9.17) is 0 Å². The number of aromatic nitrogens is 1. The quantitative estimate of drug-likeness (QED) is 0.614. The highest BCUT2D eigenvalue weighted by Gasteiger charge is 2.41. The first-order valence-corrected chi connectivity index (χ1v) is 6.31. The summed E-state index contributed by atoms with van der Waals surface area (Å²) in [5.74, 6) is 0. The van der Waals surface area contributed by atoms with Gasteiger partial charge >= 0.3 is 5.00 Å². The molecule has 0 spiro atoms. The Morgan fingerprint density at radius 1 is 1.69 bits per heavy atom. The molecule has 0 atom stereocenters. The highest BCUT2D eigenvalue weighted by molar-refractivity contribution is 7.18. The van der Waals surface area contributed by atoms with Gasteiger partial charge in [-0.3, -0.25) is 10.1 Å². The van der Waals surface area contributed by atoms with E-state index in [1.807, 2.05) is 0 Å². The number of anilines is 1. The first kappa shape index (κ1) is 11.3. The Hall–Kier alpha value is -1.17. The molecule has 1 aliphatic rings. The van der Waals surface area contributed by atoms with Crippen molar-refractivity contribution in [2.75, 3.05) is 11.9 Å². The molecule has 1 aliphatic carbocycles. The van der Waals surface area contributed by atoms with Gasteiger partial charge in [-0.25, -0.2) is 4.98 Å². The van der Waals surface area contributed by atoms with Crippen molar-refractivity contribution in [1.82, 2.24) is 4.98 Å². The van der Waals surface area contributed by atoms with Crippen LogP contribution in [0.2, 0.25) is 0 Å². The molecule has 1 heterocycles. The fourth-order valence-electron chi connectivity index (χ4n) is 1.92. The molecular weight excluding hydrogens is 226 g/mol. The molecule has 5 nitrogen and oxygen atoms in total. The Kier molecular flexibility index (Phi) is 3.09. The molecule has 6 heteroatoms. The third-order valence-corrected chi connectivity index (χ3v) is 3.93. The highest BCUT2D eigenvalue weighted by Crippen LogP contribution is 2.49. The molecule has 1 N–H and O–H groups in total. The predicted molar refractivity (Wildman–Crippen MR) is 63.8 cm³/mol. The number of nitro groups is 1. The van der Waals surface area contributed by atoms with Crippen LogP contribution in [0.25, 0.3) is 0 Å². The summed E-state index contributed by atoms with van der Waals surface area (Å²) in [6.45, 7) is 3.08. The van der Waals surface area contributed by atoms with Crippen LogP contribution in [0, 0.1) is 15.5 Å². The number of thiazole rings is 1. The third kappa shape index (κ3) is 2.49. The molecular formula is C10H15N3O2S. The van der Waals surface area contributed by atoms with Crippen LogP contribution in [0.15, 0.2) is 6.20 Å². The normalized spacial score (nSPS) is 17.1. The standard InChI is InChI=1S/C10H15N3O2S/c1-2-3-10(4-5-10)7-12-9-11-6-8(16-9)13(14)15/h6H,2-5,7H2,1H3,(H,11,12). The first-order valence-electron chi connectivity index (χ1n) is 5.49. The lowest BCUT2D eigenvalue weighted by Gasteiger charge is -2.13. The molecule has 1 aromatic rings. The minimum atomic E-state index is -0.401.